The summed E-state index contributed by atoms with van der Waals surface area (Å²) >= 11 is 0. The zero-order chi connectivity index (χ0) is 25.6. The first-order chi connectivity index (χ1) is 16.4. The molecule has 35 heavy (non-hydrogen) atoms. The van der Waals surface area contributed by atoms with Gasteiger partial charge >= 0.3 is 5.97 Å². The summed E-state index contributed by atoms with van der Waals surface area (Å²) in [5.41, 5.74) is -3.18. The van der Waals surface area contributed by atoms with Crippen molar-refractivity contribution < 1.29 is 44.6 Å². The zero-order valence-electron chi connectivity index (χ0n) is 20.5. The van der Waals surface area contributed by atoms with Crippen LogP contribution in [0.4, 0.5) is 0 Å². The first-order valence-corrected chi connectivity index (χ1v) is 12.8. The van der Waals surface area contributed by atoms with Crippen LogP contribution in [0.2, 0.25) is 0 Å². The number of Topliss-reactive ketones (excluding diaryl/α,β-unsaturated/α-hetero) is 1. The molecule has 11 atom stereocenters. The average Bonchev–Trinajstić information content (AvgIpc) is 2.82. The molecule has 2 bridgehead atoms. The van der Waals surface area contributed by atoms with Gasteiger partial charge in [0.15, 0.2) is 5.78 Å². The summed E-state index contributed by atoms with van der Waals surface area (Å²) in [5, 5.41) is 52.3. The topological polar surface area (TPSA) is 154 Å². The normalized spacial score (nSPS) is 53.6. The number of carbonyl (C=O) groups excluding carboxylic acids is 2. The van der Waals surface area contributed by atoms with E-state index >= 15 is 0 Å². The maximum atomic E-state index is 13.7. The number of ketones is 1. The first-order valence-electron chi connectivity index (χ1n) is 12.8. The van der Waals surface area contributed by atoms with Crippen molar-refractivity contribution in [3.63, 3.8) is 0 Å². The quantitative estimate of drug-likeness (QED) is 0.280. The molecule has 11 unspecified atom stereocenters. The van der Waals surface area contributed by atoms with E-state index in [9.17, 15) is 35.1 Å². The monoisotopic (exact) mass is 494 g/mol. The summed E-state index contributed by atoms with van der Waals surface area (Å²) < 4.78 is 11.0. The smallest absolute Gasteiger partial charge is 0.314 e. The van der Waals surface area contributed by atoms with Gasteiger partial charge in [-0.2, -0.15) is 0 Å². The van der Waals surface area contributed by atoms with E-state index in [0.717, 1.165) is 6.42 Å². The number of hydrogen-bond acceptors (Lipinski definition) is 9. The second-order valence-electron chi connectivity index (χ2n) is 12.1. The number of allylic oxidation sites excluding steroid dienone is 1. The lowest BCUT2D eigenvalue weighted by atomic mass is 9.34. The van der Waals surface area contributed by atoms with Gasteiger partial charge in [0.1, 0.15) is 24.4 Å². The molecule has 9 heteroatoms. The predicted octanol–water partition coefficient (Wildman–Crippen LogP) is 0.593. The Bertz CT molecular complexity index is 934. The highest BCUT2D eigenvalue weighted by molar-refractivity contribution is 6.03. The second kappa shape index (κ2) is 8.07. The molecule has 0 radical (unpaired) electrons. The van der Waals surface area contributed by atoms with Gasteiger partial charge in [-0.25, -0.2) is 0 Å². The molecular formula is C26H38O9. The Labute approximate surface area is 205 Å². The van der Waals surface area contributed by atoms with Gasteiger partial charge in [0.2, 0.25) is 6.29 Å². The molecule has 0 aromatic rings. The van der Waals surface area contributed by atoms with Gasteiger partial charge in [-0.05, 0) is 69.3 Å². The molecule has 5 saturated carbocycles. The predicted molar refractivity (Wildman–Crippen MR) is 122 cm³/mol. The lowest BCUT2D eigenvalue weighted by Crippen LogP contribution is -2.74. The molecule has 196 valence electrons. The molecule has 6 rings (SSSR count). The van der Waals surface area contributed by atoms with E-state index in [2.05, 4.69) is 6.58 Å². The lowest BCUT2D eigenvalue weighted by Gasteiger charge is -2.70. The summed E-state index contributed by atoms with van der Waals surface area (Å²) in [5.74, 6) is -0.941. The molecular weight excluding hydrogens is 456 g/mol. The van der Waals surface area contributed by atoms with Crippen LogP contribution in [0.1, 0.15) is 65.2 Å². The number of rotatable bonds is 3. The van der Waals surface area contributed by atoms with Crippen LogP contribution in [0, 0.1) is 28.1 Å². The van der Waals surface area contributed by atoms with E-state index < -0.39 is 65.1 Å². The van der Waals surface area contributed by atoms with Crippen LogP contribution in [0.25, 0.3) is 0 Å². The minimum Gasteiger partial charge on any atom is -0.432 e. The van der Waals surface area contributed by atoms with Crippen molar-refractivity contribution in [2.75, 3.05) is 6.61 Å². The molecule has 6 fully saturated rings. The molecule has 1 heterocycles. The van der Waals surface area contributed by atoms with Crippen LogP contribution in [-0.2, 0) is 19.1 Å². The van der Waals surface area contributed by atoms with Crippen molar-refractivity contribution in [2.45, 2.75) is 102 Å². The van der Waals surface area contributed by atoms with Crippen molar-refractivity contribution in [1.29, 1.82) is 0 Å². The van der Waals surface area contributed by atoms with E-state index in [4.69, 9.17) is 9.47 Å². The molecule has 5 aliphatic carbocycles. The number of fused-ring (bicyclic) bond motifs is 3. The van der Waals surface area contributed by atoms with E-state index in [0.29, 0.717) is 50.5 Å². The van der Waals surface area contributed by atoms with Gasteiger partial charge in [0.25, 0.3) is 0 Å². The van der Waals surface area contributed by atoms with Crippen molar-refractivity contribution >= 4 is 11.8 Å². The third-order valence-corrected chi connectivity index (χ3v) is 10.7. The summed E-state index contributed by atoms with van der Waals surface area (Å²) in [6.45, 7) is 7.25. The molecule has 1 spiro atoms. The van der Waals surface area contributed by atoms with Gasteiger partial charge in [-0.15, -0.1) is 0 Å². The highest BCUT2D eigenvalue weighted by Crippen LogP contribution is 2.73. The third kappa shape index (κ3) is 3.09. The Kier molecular flexibility index (Phi) is 5.83. The summed E-state index contributed by atoms with van der Waals surface area (Å²) in [4.78, 5) is 27.1. The van der Waals surface area contributed by atoms with Crippen LogP contribution in [0.5, 0.6) is 0 Å². The van der Waals surface area contributed by atoms with Crippen molar-refractivity contribution in [3.8, 4) is 0 Å². The highest BCUT2D eigenvalue weighted by atomic mass is 16.7. The Morgan fingerprint density at radius 2 is 1.77 bits per heavy atom. The van der Waals surface area contributed by atoms with Crippen LogP contribution >= 0.6 is 0 Å². The molecule has 1 aliphatic heterocycles. The lowest BCUT2D eigenvalue weighted by molar-refractivity contribution is -0.302. The molecule has 0 aromatic carbocycles. The summed E-state index contributed by atoms with van der Waals surface area (Å²) in [6, 6.07) is 0. The minimum absolute atomic E-state index is 0.0154. The molecule has 6 aliphatic rings. The van der Waals surface area contributed by atoms with Gasteiger partial charge < -0.3 is 35.0 Å². The van der Waals surface area contributed by atoms with Gasteiger partial charge in [0.05, 0.1) is 23.0 Å². The Morgan fingerprint density at radius 3 is 2.46 bits per heavy atom. The van der Waals surface area contributed by atoms with Gasteiger partial charge in [-0.1, -0.05) is 19.9 Å². The van der Waals surface area contributed by atoms with E-state index in [1.54, 1.807) is 0 Å². The second-order valence-corrected chi connectivity index (χ2v) is 12.1. The van der Waals surface area contributed by atoms with E-state index in [1.165, 1.54) is 0 Å². The van der Waals surface area contributed by atoms with Crippen molar-refractivity contribution in [1.82, 2.24) is 0 Å². The fourth-order valence-corrected chi connectivity index (χ4v) is 8.64. The number of ether oxygens (including phenoxy) is 2. The van der Waals surface area contributed by atoms with Crippen molar-refractivity contribution in [2.24, 2.45) is 28.1 Å². The van der Waals surface area contributed by atoms with Crippen LogP contribution in [0.15, 0.2) is 12.2 Å². The van der Waals surface area contributed by atoms with Crippen LogP contribution in [0.3, 0.4) is 0 Å². The Morgan fingerprint density at radius 1 is 1.09 bits per heavy atom. The van der Waals surface area contributed by atoms with E-state index in [1.807, 2.05) is 13.8 Å². The minimum atomic E-state index is -1.67. The average molecular weight is 495 g/mol. The Balaban J connectivity index is 1.44. The number of esters is 1. The summed E-state index contributed by atoms with van der Waals surface area (Å²) in [6.07, 6.45) is -2.71. The van der Waals surface area contributed by atoms with Gasteiger partial charge in [-0.3, -0.25) is 9.59 Å². The van der Waals surface area contributed by atoms with Crippen molar-refractivity contribution in [3.05, 3.63) is 12.2 Å². The third-order valence-electron chi connectivity index (χ3n) is 10.7. The number of carbonyl (C=O) groups is 2. The summed E-state index contributed by atoms with van der Waals surface area (Å²) in [7, 11) is 0. The van der Waals surface area contributed by atoms with Crippen LogP contribution in [-0.4, -0.2) is 80.2 Å². The zero-order valence-corrected chi connectivity index (χ0v) is 20.5. The Hall–Kier alpha value is -1.36. The molecule has 0 amide bonds. The fraction of sp³-hybridized carbons (Fsp3) is 0.846. The largest absolute Gasteiger partial charge is 0.432 e. The van der Waals surface area contributed by atoms with E-state index in [-0.39, 0.29) is 17.6 Å². The SMILES string of the molecule is C=C1C(=O)C23CCC1CC2(O)C1(C)CCCC(C)(C(=O)OC2OC(CO)C(O)C(O)C2O)C1CC3. The molecule has 9 nitrogen and oxygen atoms in total. The molecule has 5 N–H and O–H groups in total. The standard InChI is InChI=1S/C26H38O9/c1-13-14-5-9-25(20(13)31)10-6-16-23(2,7-4-8-24(16,3)26(25,33)11-14)22(32)35-21-19(30)18(29)17(28)15(12-27)34-21/h14-19,21,27-30,33H,1,4-12H2,2-3H3. The first kappa shape index (κ1) is 25.3. The maximum Gasteiger partial charge on any atom is 0.314 e. The van der Waals surface area contributed by atoms with Gasteiger partial charge in [0, 0.05) is 5.41 Å². The number of aliphatic hydroxyl groups excluding tert-OH is 4. The van der Waals surface area contributed by atoms with Crippen LogP contribution < -0.4 is 0 Å². The molecule has 1 saturated heterocycles. The number of hydrogen-bond donors (Lipinski definition) is 5. The highest BCUT2D eigenvalue weighted by Gasteiger charge is 2.75. The maximum absolute atomic E-state index is 13.7. The number of aliphatic hydroxyl groups is 5. The fourth-order valence-electron chi connectivity index (χ4n) is 8.64. The molecule has 0 aromatic heterocycles.